The molecule has 4 heteroatoms. The van der Waals surface area contributed by atoms with Crippen LogP contribution in [0.2, 0.25) is 0 Å². The first-order valence-corrected chi connectivity index (χ1v) is 4.78. The van der Waals surface area contributed by atoms with E-state index in [0.29, 0.717) is 11.3 Å². The Morgan fingerprint density at radius 2 is 2.27 bits per heavy atom. The summed E-state index contributed by atoms with van der Waals surface area (Å²) in [5, 5.41) is 0. The van der Waals surface area contributed by atoms with Crippen LogP contribution in [0.25, 0.3) is 0 Å². The zero-order chi connectivity index (χ0) is 11.3. The SMILES string of the molecule is COc1cnccc1C(=O)COC(C)C. The van der Waals surface area contributed by atoms with Gasteiger partial charge >= 0.3 is 0 Å². The highest BCUT2D eigenvalue weighted by Crippen LogP contribution is 2.16. The summed E-state index contributed by atoms with van der Waals surface area (Å²) >= 11 is 0. The Morgan fingerprint density at radius 3 is 2.87 bits per heavy atom. The van der Waals surface area contributed by atoms with Gasteiger partial charge in [0.05, 0.1) is 25.0 Å². The first-order valence-electron chi connectivity index (χ1n) is 4.78. The molecule has 0 amide bonds. The van der Waals surface area contributed by atoms with Crippen LogP contribution < -0.4 is 4.74 Å². The number of ether oxygens (including phenoxy) is 2. The minimum atomic E-state index is -0.0945. The molecule has 1 rings (SSSR count). The topological polar surface area (TPSA) is 48.4 Å². The van der Waals surface area contributed by atoms with Crippen LogP contribution in [0.3, 0.4) is 0 Å². The van der Waals surface area contributed by atoms with Gasteiger partial charge in [-0.15, -0.1) is 0 Å². The minimum absolute atomic E-state index is 0.0433. The zero-order valence-corrected chi connectivity index (χ0v) is 9.19. The highest BCUT2D eigenvalue weighted by atomic mass is 16.5. The second-order valence-corrected chi connectivity index (χ2v) is 3.36. The van der Waals surface area contributed by atoms with Gasteiger partial charge < -0.3 is 9.47 Å². The molecule has 0 aliphatic carbocycles. The highest BCUT2D eigenvalue weighted by molar-refractivity contribution is 5.99. The number of ketones is 1. The third kappa shape index (κ3) is 3.32. The van der Waals surface area contributed by atoms with Crippen LogP contribution in [-0.4, -0.2) is 30.6 Å². The maximum Gasteiger partial charge on any atom is 0.192 e. The summed E-state index contributed by atoms with van der Waals surface area (Å²) in [4.78, 5) is 15.6. The Labute approximate surface area is 89.2 Å². The Hall–Kier alpha value is -1.42. The van der Waals surface area contributed by atoms with Gasteiger partial charge in [0.15, 0.2) is 5.78 Å². The van der Waals surface area contributed by atoms with E-state index in [-0.39, 0.29) is 18.5 Å². The van der Waals surface area contributed by atoms with Crippen molar-refractivity contribution in [1.29, 1.82) is 0 Å². The number of nitrogens with zero attached hydrogens (tertiary/aromatic N) is 1. The Kier molecular flexibility index (Phi) is 4.24. The lowest BCUT2D eigenvalue weighted by Gasteiger charge is -2.08. The van der Waals surface area contributed by atoms with E-state index >= 15 is 0 Å². The normalized spacial score (nSPS) is 10.4. The number of carbonyl (C=O) groups excluding carboxylic acids is 1. The molecule has 0 N–H and O–H groups in total. The van der Waals surface area contributed by atoms with Crippen molar-refractivity contribution < 1.29 is 14.3 Å². The van der Waals surface area contributed by atoms with Crippen molar-refractivity contribution in [2.75, 3.05) is 13.7 Å². The standard InChI is InChI=1S/C11H15NO3/c1-8(2)15-7-10(13)9-4-5-12-6-11(9)14-3/h4-6,8H,7H2,1-3H3. The number of rotatable bonds is 5. The second kappa shape index (κ2) is 5.46. The molecule has 0 radical (unpaired) electrons. The molecule has 0 saturated carbocycles. The molecule has 0 aromatic carbocycles. The Bertz CT molecular complexity index is 336. The molecule has 1 aromatic rings. The van der Waals surface area contributed by atoms with Crippen molar-refractivity contribution in [2.45, 2.75) is 20.0 Å². The number of hydrogen-bond acceptors (Lipinski definition) is 4. The van der Waals surface area contributed by atoms with E-state index in [1.54, 1.807) is 12.3 Å². The van der Waals surface area contributed by atoms with Gasteiger partial charge in [-0.3, -0.25) is 9.78 Å². The van der Waals surface area contributed by atoms with Crippen molar-refractivity contribution in [1.82, 2.24) is 4.98 Å². The van der Waals surface area contributed by atoms with Crippen molar-refractivity contribution in [2.24, 2.45) is 0 Å². The first kappa shape index (κ1) is 11.7. The molecule has 0 unspecified atom stereocenters. The van der Waals surface area contributed by atoms with Crippen molar-refractivity contribution >= 4 is 5.78 Å². The quantitative estimate of drug-likeness (QED) is 0.692. The van der Waals surface area contributed by atoms with E-state index in [1.165, 1.54) is 13.3 Å². The van der Waals surface area contributed by atoms with Crippen molar-refractivity contribution in [3.63, 3.8) is 0 Å². The zero-order valence-electron chi connectivity index (χ0n) is 9.19. The first-order chi connectivity index (χ1) is 7.15. The van der Waals surface area contributed by atoms with E-state index in [2.05, 4.69) is 4.98 Å². The van der Waals surface area contributed by atoms with Gasteiger partial charge in [0.25, 0.3) is 0 Å². The molecule has 82 valence electrons. The second-order valence-electron chi connectivity index (χ2n) is 3.36. The molecule has 4 nitrogen and oxygen atoms in total. The summed E-state index contributed by atoms with van der Waals surface area (Å²) in [5.74, 6) is 0.387. The van der Waals surface area contributed by atoms with Crippen molar-refractivity contribution in [3.05, 3.63) is 24.0 Å². The average Bonchev–Trinajstić information content (AvgIpc) is 2.25. The molecule has 0 aliphatic rings. The monoisotopic (exact) mass is 209 g/mol. The largest absolute Gasteiger partial charge is 0.494 e. The molecule has 0 atom stereocenters. The van der Waals surface area contributed by atoms with Crippen molar-refractivity contribution in [3.8, 4) is 5.75 Å². The molecule has 1 aromatic heterocycles. The van der Waals surface area contributed by atoms with Crippen LogP contribution in [-0.2, 0) is 4.74 Å². The summed E-state index contributed by atoms with van der Waals surface area (Å²) in [6.45, 7) is 3.84. The lowest BCUT2D eigenvalue weighted by Crippen LogP contribution is -2.14. The number of carbonyl (C=O) groups is 1. The molecule has 0 fully saturated rings. The number of pyridine rings is 1. The van der Waals surface area contributed by atoms with Gasteiger partial charge in [-0.05, 0) is 19.9 Å². The number of Topliss-reactive ketones (excluding diaryl/α,β-unsaturated/α-hetero) is 1. The van der Waals surface area contributed by atoms with Crippen LogP contribution in [0.4, 0.5) is 0 Å². The molecule has 0 spiro atoms. The smallest absolute Gasteiger partial charge is 0.192 e. The van der Waals surface area contributed by atoms with E-state index in [4.69, 9.17) is 9.47 Å². The van der Waals surface area contributed by atoms with Gasteiger partial charge in [-0.2, -0.15) is 0 Å². The molecule has 1 heterocycles. The predicted octanol–water partition coefficient (Wildman–Crippen LogP) is 1.70. The fourth-order valence-corrected chi connectivity index (χ4v) is 1.09. The lowest BCUT2D eigenvalue weighted by molar-refractivity contribution is 0.0582. The molecular formula is C11H15NO3. The third-order valence-corrected chi connectivity index (χ3v) is 1.85. The molecule has 0 bridgehead atoms. The van der Waals surface area contributed by atoms with Gasteiger partial charge in [0, 0.05) is 6.20 Å². The summed E-state index contributed by atoms with van der Waals surface area (Å²) in [6, 6.07) is 1.63. The third-order valence-electron chi connectivity index (χ3n) is 1.85. The fourth-order valence-electron chi connectivity index (χ4n) is 1.09. The summed E-state index contributed by atoms with van der Waals surface area (Å²) in [7, 11) is 1.51. The highest BCUT2D eigenvalue weighted by Gasteiger charge is 2.12. The van der Waals surface area contributed by atoms with E-state index in [0.717, 1.165) is 0 Å². The van der Waals surface area contributed by atoms with Crippen LogP contribution in [0.1, 0.15) is 24.2 Å². The maximum absolute atomic E-state index is 11.7. The fraction of sp³-hybridized carbons (Fsp3) is 0.455. The minimum Gasteiger partial charge on any atom is -0.494 e. The van der Waals surface area contributed by atoms with Crippen LogP contribution in [0.5, 0.6) is 5.75 Å². The predicted molar refractivity (Wildman–Crippen MR) is 56.2 cm³/mol. The molecule has 15 heavy (non-hydrogen) atoms. The summed E-state index contributed by atoms with van der Waals surface area (Å²) in [5.41, 5.74) is 0.508. The van der Waals surface area contributed by atoms with Crippen LogP contribution in [0.15, 0.2) is 18.5 Å². The summed E-state index contributed by atoms with van der Waals surface area (Å²) < 4.78 is 10.3. The van der Waals surface area contributed by atoms with E-state index in [1.807, 2.05) is 13.8 Å². The van der Waals surface area contributed by atoms with Gasteiger partial charge in [-0.1, -0.05) is 0 Å². The van der Waals surface area contributed by atoms with Gasteiger partial charge in [0.1, 0.15) is 12.4 Å². The molecule has 0 saturated heterocycles. The number of hydrogen-bond donors (Lipinski definition) is 0. The van der Waals surface area contributed by atoms with E-state index in [9.17, 15) is 4.79 Å². The average molecular weight is 209 g/mol. The Balaban J connectivity index is 2.72. The van der Waals surface area contributed by atoms with Gasteiger partial charge in [0.2, 0.25) is 0 Å². The van der Waals surface area contributed by atoms with E-state index < -0.39 is 0 Å². The maximum atomic E-state index is 11.7. The van der Waals surface area contributed by atoms with Crippen LogP contribution >= 0.6 is 0 Å². The lowest BCUT2D eigenvalue weighted by atomic mass is 10.1. The molecular weight excluding hydrogens is 194 g/mol. The van der Waals surface area contributed by atoms with Crippen LogP contribution in [0, 0.1) is 0 Å². The van der Waals surface area contributed by atoms with Gasteiger partial charge in [-0.25, -0.2) is 0 Å². The molecule has 0 aliphatic heterocycles. The Morgan fingerprint density at radius 1 is 1.53 bits per heavy atom. The number of aromatic nitrogens is 1. The summed E-state index contributed by atoms with van der Waals surface area (Å²) in [6.07, 6.45) is 3.12. The number of methoxy groups -OCH3 is 1.